The van der Waals surface area contributed by atoms with Crippen molar-refractivity contribution < 1.29 is 20.4 Å². The van der Waals surface area contributed by atoms with Crippen LogP contribution in [0.25, 0.3) is 0 Å². The lowest BCUT2D eigenvalue weighted by Crippen LogP contribution is -2.11. The molecule has 0 spiro atoms. The molecule has 0 radical (unpaired) electrons. The summed E-state index contributed by atoms with van der Waals surface area (Å²) in [7, 11) is 0. The smallest absolute Gasteiger partial charge is 0.0770 e. The first-order valence-corrected chi connectivity index (χ1v) is 8.28. The van der Waals surface area contributed by atoms with Crippen molar-refractivity contribution in [2.45, 2.75) is 89.3 Å². The first kappa shape index (κ1) is 19.8. The summed E-state index contributed by atoms with van der Waals surface area (Å²) in [5.41, 5.74) is 0. The van der Waals surface area contributed by atoms with E-state index in [1.165, 1.54) is 38.5 Å². The molecule has 0 aliphatic rings. The molecule has 0 saturated carbocycles. The Labute approximate surface area is 123 Å². The Hall–Kier alpha value is -0.160. The highest BCUT2D eigenvalue weighted by molar-refractivity contribution is 4.55. The maximum Gasteiger partial charge on any atom is 0.0770 e. The van der Waals surface area contributed by atoms with Crippen LogP contribution in [0, 0.1) is 0 Å². The molecule has 0 aromatic rings. The first-order valence-electron chi connectivity index (χ1n) is 8.28. The molecule has 122 valence electrons. The quantitative estimate of drug-likeness (QED) is 0.349. The van der Waals surface area contributed by atoms with E-state index in [9.17, 15) is 10.2 Å². The lowest BCUT2D eigenvalue weighted by atomic mass is 10.0. The molecule has 2 unspecified atom stereocenters. The third kappa shape index (κ3) is 14.3. The number of hydrogen-bond acceptors (Lipinski definition) is 4. The van der Waals surface area contributed by atoms with Gasteiger partial charge in [-0.3, -0.25) is 0 Å². The summed E-state index contributed by atoms with van der Waals surface area (Å²) in [6.45, 7) is -0.231. The third-order valence-electron chi connectivity index (χ3n) is 3.75. The molecule has 0 fully saturated rings. The average molecular weight is 290 g/mol. The minimum Gasteiger partial charge on any atom is -0.394 e. The van der Waals surface area contributed by atoms with E-state index in [2.05, 4.69) is 0 Å². The number of hydrogen-bond donors (Lipinski definition) is 4. The van der Waals surface area contributed by atoms with Crippen molar-refractivity contribution in [1.29, 1.82) is 0 Å². The van der Waals surface area contributed by atoms with Gasteiger partial charge in [-0.1, -0.05) is 64.2 Å². The Morgan fingerprint density at radius 3 is 0.950 bits per heavy atom. The SMILES string of the molecule is OCC(O)CCCCCCCCCCCCC(O)CO. The molecule has 4 N–H and O–H groups in total. The zero-order valence-electron chi connectivity index (χ0n) is 12.8. The molecule has 0 heterocycles. The van der Waals surface area contributed by atoms with Crippen molar-refractivity contribution in [3.63, 3.8) is 0 Å². The lowest BCUT2D eigenvalue weighted by Gasteiger charge is -2.07. The van der Waals surface area contributed by atoms with Gasteiger partial charge in [-0.15, -0.1) is 0 Å². The summed E-state index contributed by atoms with van der Waals surface area (Å²) in [6.07, 6.45) is 12.2. The van der Waals surface area contributed by atoms with Crippen molar-refractivity contribution >= 4 is 0 Å². The van der Waals surface area contributed by atoms with E-state index in [-0.39, 0.29) is 13.2 Å². The molecule has 0 bridgehead atoms. The Bertz CT molecular complexity index is 167. The Morgan fingerprint density at radius 2 is 0.700 bits per heavy atom. The number of aliphatic hydroxyl groups is 4. The molecule has 4 nitrogen and oxygen atoms in total. The Morgan fingerprint density at radius 1 is 0.450 bits per heavy atom. The van der Waals surface area contributed by atoms with Crippen LogP contribution in [0.4, 0.5) is 0 Å². The molecule has 0 rings (SSSR count). The van der Waals surface area contributed by atoms with Gasteiger partial charge in [0.2, 0.25) is 0 Å². The fraction of sp³-hybridized carbons (Fsp3) is 1.00. The van der Waals surface area contributed by atoms with E-state index < -0.39 is 12.2 Å². The van der Waals surface area contributed by atoms with Gasteiger partial charge in [0.25, 0.3) is 0 Å². The zero-order valence-corrected chi connectivity index (χ0v) is 12.8. The van der Waals surface area contributed by atoms with Crippen LogP contribution in [0.3, 0.4) is 0 Å². The predicted molar refractivity (Wildman–Crippen MR) is 81.6 cm³/mol. The van der Waals surface area contributed by atoms with Gasteiger partial charge in [-0.05, 0) is 12.8 Å². The second-order valence-electron chi connectivity index (χ2n) is 5.79. The minimum absolute atomic E-state index is 0.116. The highest BCUT2D eigenvalue weighted by Crippen LogP contribution is 2.13. The fourth-order valence-electron chi connectivity index (χ4n) is 2.36. The number of unbranched alkanes of at least 4 members (excludes halogenated alkanes) is 9. The maximum absolute atomic E-state index is 9.17. The molecule has 0 saturated heterocycles. The summed E-state index contributed by atoms with van der Waals surface area (Å²) in [5, 5.41) is 35.7. The summed E-state index contributed by atoms with van der Waals surface area (Å²) in [6, 6.07) is 0. The minimum atomic E-state index is -0.528. The molecule has 0 aliphatic carbocycles. The van der Waals surface area contributed by atoms with Gasteiger partial charge in [-0.2, -0.15) is 0 Å². The van der Waals surface area contributed by atoms with Gasteiger partial charge in [0.05, 0.1) is 25.4 Å². The van der Waals surface area contributed by atoms with E-state index in [0.717, 1.165) is 38.5 Å². The molecule has 0 aromatic heterocycles. The summed E-state index contributed by atoms with van der Waals surface area (Å²) in [4.78, 5) is 0. The largest absolute Gasteiger partial charge is 0.394 e. The topological polar surface area (TPSA) is 80.9 Å². The van der Waals surface area contributed by atoms with Crippen molar-refractivity contribution in [1.82, 2.24) is 0 Å². The number of rotatable bonds is 15. The van der Waals surface area contributed by atoms with Gasteiger partial charge in [0.1, 0.15) is 0 Å². The third-order valence-corrected chi connectivity index (χ3v) is 3.75. The maximum atomic E-state index is 9.17. The van der Waals surface area contributed by atoms with Crippen LogP contribution in [-0.4, -0.2) is 45.8 Å². The summed E-state index contributed by atoms with van der Waals surface area (Å²) < 4.78 is 0. The van der Waals surface area contributed by atoms with Crippen LogP contribution in [-0.2, 0) is 0 Å². The van der Waals surface area contributed by atoms with Gasteiger partial charge in [0, 0.05) is 0 Å². The molecule has 0 amide bonds. The predicted octanol–water partition coefficient (Wildman–Crippen LogP) is 2.37. The van der Waals surface area contributed by atoms with E-state index in [1.807, 2.05) is 0 Å². The van der Waals surface area contributed by atoms with Crippen LogP contribution in [0.5, 0.6) is 0 Å². The highest BCUT2D eigenvalue weighted by atomic mass is 16.3. The van der Waals surface area contributed by atoms with Crippen molar-refractivity contribution in [2.75, 3.05) is 13.2 Å². The van der Waals surface area contributed by atoms with Gasteiger partial charge >= 0.3 is 0 Å². The molecule has 0 aliphatic heterocycles. The molecule has 4 heteroatoms. The molecule has 0 aromatic carbocycles. The van der Waals surface area contributed by atoms with Crippen molar-refractivity contribution in [3.05, 3.63) is 0 Å². The second kappa shape index (κ2) is 15.2. The second-order valence-corrected chi connectivity index (χ2v) is 5.79. The normalized spacial score (nSPS) is 14.4. The standard InChI is InChI=1S/C16H34O4/c17-13-15(19)11-9-7-5-3-1-2-4-6-8-10-12-16(20)14-18/h15-20H,1-14H2. The first-order chi connectivity index (χ1) is 9.70. The molecular formula is C16H34O4. The van der Waals surface area contributed by atoms with Crippen LogP contribution in [0.15, 0.2) is 0 Å². The Kier molecular flexibility index (Phi) is 15.1. The average Bonchev–Trinajstić information content (AvgIpc) is 2.47. The van der Waals surface area contributed by atoms with Crippen molar-refractivity contribution in [3.8, 4) is 0 Å². The monoisotopic (exact) mass is 290 g/mol. The van der Waals surface area contributed by atoms with E-state index >= 15 is 0 Å². The van der Waals surface area contributed by atoms with Crippen molar-refractivity contribution in [2.24, 2.45) is 0 Å². The fourth-order valence-corrected chi connectivity index (χ4v) is 2.36. The van der Waals surface area contributed by atoms with E-state index in [0.29, 0.717) is 0 Å². The summed E-state index contributed by atoms with van der Waals surface area (Å²) in [5.74, 6) is 0. The van der Waals surface area contributed by atoms with Crippen LogP contribution in [0.1, 0.15) is 77.0 Å². The summed E-state index contributed by atoms with van der Waals surface area (Å²) >= 11 is 0. The van der Waals surface area contributed by atoms with E-state index in [1.54, 1.807) is 0 Å². The molecular weight excluding hydrogens is 256 g/mol. The van der Waals surface area contributed by atoms with Crippen LogP contribution >= 0.6 is 0 Å². The van der Waals surface area contributed by atoms with Crippen LogP contribution in [0.2, 0.25) is 0 Å². The van der Waals surface area contributed by atoms with Gasteiger partial charge in [0.15, 0.2) is 0 Å². The van der Waals surface area contributed by atoms with E-state index in [4.69, 9.17) is 10.2 Å². The molecule has 20 heavy (non-hydrogen) atoms. The number of aliphatic hydroxyl groups excluding tert-OH is 4. The molecule has 2 atom stereocenters. The highest BCUT2D eigenvalue weighted by Gasteiger charge is 2.01. The Balaban J connectivity index is 3.03. The zero-order chi connectivity index (χ0) is 15.1. The van der Waals surface area contributed by atoms with Crippen LogP contribution < -0.4 is 0 Å². The van der Waals surface area contributed by atoms with Gasteiger partial charge in [-0.25, -0.2) is 0 Å². The lowest BCUT2D eigenvalue weighted by molar-refractivity contribution is 0.0859. The van der Waals surface area contributed by atoms with Gasteiger partial charge < -0.3 is 20.4 Å².